The van der Waals surface area contributed by atoms with Gasteiger partial charge in [-0.15, -0.1) is 0 Å². The van der Waals surface area contributed by atoms with Crippen molar-refractivity contribution >= 4 is 5.78 Å². The van der Waals surface area contributed by atoms with Crippen LogP contribution in [0.5, 0.6) is 0 Å². The number of benzene rings is 1. The normalized spacial score (nSPS) is 22.3. The number of hydrogen-bond donors (Lipinski definition) is 0. The second-order valence-corrected chi connectivity index (χ2v) is 7.13. The molecule has 2 saturated carbocycles. The highest BCUT2D eigenvalue weighted by Crippen LogP contribution is 2.43. The first kappa shape index (κ1) is 14.8. The highest BCUT2D eigenvalue weighted by atomic mass is 16.1. The van der Waals surface area contributed by atoms with E-state index in [1.807, 2.05) is 0 Å². The second-order valence-electron chi connectivity index (χ2n) is 7.13. The minimum Gasteiger partial charge on any atom is -0.294 e. The van der Waals surface area contributed by atoms with Crippen LogP contribution in [0.15, 0.2) is 24.3 Å². The Morgan fingerprint density at radius 1 is 1.00 bits per heavy atom. The van der Waals surface area contributed by atoms with Crippen molar-refractivity contribution in [1.82, 2.24) is 0 Å². The van der Waals surface area contributed by atoms with Gasteiger partial charge in [0.2, 0.25) is 0 Å². The van der Waals surface area contributed by atoms with Crippen molar-refractivity contribution in [3.8, 4) is 0 Å². The van der Waals surface area contributed by atoms with Crippen molar-refractivity contribution in [2.75, 3.05) is 0 Å². The molecule has 0 aromatic heterocycles. The lowest BCUT2D eigenvalue weighted by Gasteiger charge is -2.26. The molecule has 0 amide bonds. The summed E-state index contributed by atoms with van der Waals surface area (Å²) in [7, 11) is 0. The number of ketones is 1. The lowest BCUT2D eigenvalue weighted by molar-refractivity contribution is 0.0791. The first-order chi connectivity index (χ1) is 10.2. The van der Waals surface area contributed by atoms with E-state index in [-0.39, 0.29) is 5.41 Å². The summed E-state index contributed by atoms with van der Waals surface area (Å²) in [5.41, 5.74) is 2.34. The summed E-state index contributed by atoms with van der Waals surface area (Å²) >= 11 is 0. The van der Waals surface area contributed by atoms with Gasteiger partial charge in [0.25, 0.3) is 0 Å². The minimum absolute atomic E-state index is 0.0493. The summed E-state index contributed by atoms with van der Waals surface area (Å²) in [6.07, 6.45) is 12.4. The van der Waals surface area contributed by atoms with Crippen LogP contribution < -0.4 is 0 Å². The third-order valence-electron chi connectivity index (χ3n) is 5.97. The van der Waals surface area contributed by atoms with Crippen LogP contribution in [0.2, 0.25) is 0 Å². The molecule has 0 bridgehead atoms. The number of carbonyl (C=O) groups excluding carboxylic acids is 1. The van der Waals surface area contributed by atoms with Crippen LogP contribution >= 0.6 is 0 Å². The molecule has 1 aromatic carbocycles. The van der Waals surface area contributed by atoms with E-state index in [0.29, 0.717) is 5.78 Å². The van der Waals surface area contributed by atoms with Gasteiger partial charge in [0.1, 0.15) is 0 Å². The van der Waals surface area contributed by atoms with Gasteiger partial charge in [-0.3, -0.25) is 4.79 Å². The molecule has 0 radical (unpaired) electrons. The average Bonchev–Trinajstić information content (AvgIpc) is 3.05. The van der Waals surface area contributed by atoms with E-state index in [9.17, 15) is 4.79 Å². The fraction of sp³-hybridized carbons (Fsp3) is 0.650. The fourth-order valence-corrected chi connectivity index (χ4v) is 4.44. The van der Waals surface area contributed by atoms with Crippen molar-refractivity contribution in [3.63, 3.8) is 0 Å². The van der Waals surface area contributed by atoms with E-state index < -0.39 is 0 Å². The molecule has 0 N–H and O–H groups in total. The number of hydrogen-bond acceptors (Lipinski definition) is 1. The van der Waals surface area contributed by atoms with Crippen LogP contribution in [0, 0.1) is 5.41 Å². The molecular formula is C20H28O. The van der Waals surface area contributed by atoms with Crippen LogP contribution in [-0.4, -0.2) is 5.78 Å². The molecule has 114 valence electrons. The molecule has 1 heteroatoms. The predicted molar refractivity (Wildman–Crippen MR) is 87.8 cm³/mol. The summed E-state index contributed by atoms with van der Waals surface area (Å²) in [6.45, 7) is 2.18. The molecule has 0 spiro atoms. The average molecular weight is 284 g/mol. The smallest absolute Gasteiger partial charge is 0.168 e. The molecule has 2 aliphatic rings. The molecule has 21 heavy (non-hydrogen) atoms. The summed E-state index contributed by atoms with van der Waals surface area (Å²) in [5, 5.41) is 0. The van der Waals surface area contributed by atoms with Crippen molar-refractivity contribution < 1.29 is 4.79 Å². The molecule has 3 rings (SSSR count). The number of carbonyl (C=O) groups is 1. The van der Waals surface area contributed by atoms with Gasteiger partial charge in [0, 0.05) is 11.0 Å². The van der Waals surface area contributed by atoms with Crippen LogP contribution in [-0.2, 0) is 0 Å². The van der Waals surface area contributed by atoms with Gasteiger partial charge in [-0.2, -0.15) is 0 Å². The Hall–Kier alpha value is -1.11. The summed E-state index contributed by atoms with van der Waals surface area (Å²) in [6, 6.07) is 8.65. The van der Waals surface area contributed by atoms with E-state index in [0.717, 1.165) is 30.7 Å². The third-order valence-corrected chi connectivity index (χ3v) is 5.97. The maximum absolute atomic E-state index is 12.9. The molecule has 0 unspecified atom stereocenters. The first-order valence-corrected chi connectivity index (χ1v) is 8.90. The quantitative estimate of drug-likeness (QED) is 0.630. The van der Waals surface area contributed by atoms with Crippen LogP contribution in [0.1, 0.15) is 93.0 Å². The predicted octanol–water partition coefficient (Wildman–Crippen LogP) is 5.89. The molecule has 0 atom stereocenters. The van der Waals surface area contributed by atoms with Gasteiger partial charge < -0.3 is 0 Å². The van der Waals surface area contributed by atoms with E-state index in [2.05, 4.69) is 31.2 Å². The standard InChI is InChI=1S/C20H28O/c1-2-20(14-6-7-15-20)19(21)18-12-10-17(11-13-18)16-8-4-3-5-9-16/h10-13,16H,2-9,14-15H2,1H3. The maximum atomic E-state index is 12.9. The molecule has 2 fully saturated rings. The second kappa shape index (κ2) is 6.34. The Morgan fingerprint density at radius 2 is 1.62 bits per heavy atom. The highest BCUT2D eigenvalue weighted by Gasteiger charge is 2.39. The van der Waals surface area contributed by atoms with E-state index >= 15 is 0 Å². The van der Waals surface area contributed by atoms with Gasteiger partial charge in [-0.1, -0.05) is 63.3 Å². The van der Waals surface area contributed by atoms with Crippen LogP contribution in [0.3, 0.4) is 0 Å². The monoisotopic (exact) mass is 284 g/mol. The molecule has 1 nitrogen and oxygen atoms in total. The molecular weight excluding hydrogens is 256 g/mol. The topological polar surface area (TPSA) is 17.1 Å². The lowest BCUT2D eigenvalue weighted by atomic mass is 9.76. The zero-order valence-corrected chi connectivity index (χ0v) is 13.4. The Balaban J connectivity index is 1.75. The molecule has 1 aromatic rings. The Morgan fingerprint density at radius 3 is 2.19 bits per heavy atom. The summed E-state index contributed by atoms with van der Waals surface area (Å²) in [4.78, 5) is 12.9. The van der Waals surface area contributed by atoms with Crippen molar-refractivity contribution in [2.45, 2.75) is 77.0 Å². The van der Waals surface area contributed by atoms with Gasteiger partial charge in [-0.25, -0.2) is 0 Å². The van der Waals surface area contributed by atoms with Crippen molar-refractivity contribution in [1.29, 1.82) is 0 Å². The van der Waals surface area contributed by atoms with Gasteiger partial charge >= 0.3 is 0 Å². The molecule has 0 saturated heterocycles. The van der Waals surface area contributed by atoms with Crippen molar-refractivity contribution in [2.24, 2.45) is 5.41 Å². The van der Waals surface area contributed by atoms with Gasteiger partial charge in [0.15, 0.2) is 5.78 Å². The first-order valence-electron chi connectivity index (χ1n) is 8.90. The zero-order chi connectivity index (χ0) is 14.7. The van der Waals surface area contributed by atoms with E-state index in [1.165, 1.54) is 50.5 Å². The Kier molecular flexibility index (Phi) is 4.47. The highest BCUT2D eigenvalue weighted by molar-refractivity contribution is 6.00. The summed E-state index contributed by atoms with van der Waals surface area (Å²) < 4.78 is 0. The number of rotatable bonds is 4. The summed E-state index contributed by atoms with van der Waals surface area (Å²) in [5.74, 6) is 1.13. The maximum Gasteiger partial charge on any atom is 0.168 e. The van der Waals surface area contributed by atoms with Gasteiger partial charge in [0.05, 0.1) is 0 Å². The largest absolute Gasteiger partial charge is 0.294 e. The minimum atomic E-state index is -0.0493. The van der Waals surface area contributed by atoms with Crippen LogP contribution in [0.25, 0.3) is 0 Å². The van der Waals surface area contributed by atoms with Crippen molar-refractivity contribution in [3.05, 3.63) is 35.4 Å². The van der Waals surface area contributed by atoms with E-state index in [4.69, 9.17) is 0 Å². The zero-order valence-electron chi connectivity index (χ0n) is 13.4. The number of Topliss-reactive ketones (excluding diaryl/α,β-unsaturated/α-hetero) is 1. The lowest BCUT2D eigenvalue weighted by Crippen LogP contribution is -2.27. The van der Waals surface area contributed by atoms with E-state index in [1.54, 1.807) is 0 Å². The third kappa shape index (κ3) is 2.93. The molecule has 0 aliphatic heterocycles. The molecule has 2 aliphatic carbocycles. The van der Waals surface area contributed by atoms with Gasteiger partial charge in [-0.05, 0) is 43.6 Å². The fourth-order valence-electron chi connectivity index (χ4n) is 4.44. The SMILES string of the molecule is CCC1(C(=O)c2ccc(C3CCCCC3)cc2)CCCC1. The van der Waals surface area contributed by atoms with Crippen LogP contribution in [0.4, 0.5) is 0 Å². The Labute approximate surface area is 129 Å². The Bertz CT molecular complexity index is 473. The molecule has 0 heterocycles.